The molecule has 0 aliphatic rings. The molecule has 5 heteroatoms. The van der Waals surface area contributed by atoms with Crippen LogP contribution < -0.4 is 4.74 Å². The van der Waals surface area contributed by atoms with Crippen LogP contribution >= 0.6 is 0 Å². The Balaban J connectivity index is 2.00. The average Bonchev–Trinajstić information content (AvgIpc) is 2.98. The molecule has 2 heterocycles. The number of hydrogen-bond acceptors (Lipinski definition) is 4. The number of hydrogen-bond donors (Lipinski definition) is 1. The van der Waals surface area contributed by atoms with Gasteiger partial charge in [-0.1, -0.05) is 18.2 Å². The molecule has 2 aromatic carbocycles. The fraction of sp³-hybridized carbons (Fsp3) is 0. The summed E-state index contributed by atoms with van der Waals surface area (Å²) in [5.74, 6) is 0.489. The van der Waals surface area contributed by atoms with Crippen LogP contribution in [0.5, 0.6) is 5.75 Å². The van der Waals surface area contributed by atoms with Crippen molar-refractivity contribution in [2.24, 2.45) is 0 Å². The molecule has 0 radical (unpaired) electrons. The van der Waals surface area contributed by atoms with Gasteiger partial charge >= 0.3 is 0 Å². The van der Waals surface area contributed by atoms with Gasteiger partial charge in [0.1, 0.15) is 11.4 Å². The smallest absolute Gasteiger partial charge is 0.298 e. The number of rotatable bonds is 3. The highest BCUT2D eigenvalue weighted by molar-refractivity contribution is 6.02. The lowest BCUT2D eigenvalue weighted by Gasteiger charge is -2.04. The van der Waals surface area contributed by atoms with Crippen molar-refractivity contribution < 1.29 is 9.53 Å². The van der Waals surface area contributed by atoms with Crippen molar-refractivity contribution in [1.82, 2.24) is 15.2 Å². The van der Waals surface area contributed by atoms with E-state index < -0.39 is 0 Å². The summed E-state index contributed by atoms with van der Waals surface area (Å²) in [6.45, 7) is 0.419. The van der Waals surface area contributed by atoms with Crippen molar-refractivity contribution in [3.05, 3.63) is 54.7 Å². The first-order valence-corrected chi connectivity index (χ1v) is 6.79. The second-order valence-electron chi connectivity index (χ2n) is 4.87. The molecule has 1 N–H and O–H groups in total. The van der Waals surface area contributed by atoms with Crippen LogP contribution in [0.1, 0.15) is 0 Å². The minimum atomic E-state index is 0.419. The lowest BCUT2D eigenvalue weighted by molar-refractivity contribution is -0.120. The normalized spacial score (nSPS) is 10.9. The van der Waals surface area contributed by atoms with Gasteiger partial charge in [0.05, 0.1) is 11.0 Å². The maximum atomic E-state index is 10.5. The third-order valence-corrected chi connectivity index (χ3v) is 3.62. The SMILES string of the molecule is O=COc1ccc2[nH]nc(-c3ccnc4ccccc34)c2c1. The number of pyridine rings is 1. The molecule has 0 saturated carbocycles. The molecule has 22 heavy (non-hydrogen) atoms. The van der Waals surface area contributed by atoms with Crippen LogP contribution in [0, 0.1) is 0 Å². The third-order valence-electron chi connectivity index (χ3n) is 3.62. The van der Waals surface area contributed by atoms with Gasteiger partial charge in [-0.05, 0) is 30.3 Å². The first-order valence-electron chi connectivity index (χ1n) is 6.79. The predicted molar refractivity (Wildman–Crippen MR) is 83.5 cm³/mol. The number of benzene rings is 2. The van der Waals surface area contributed by atoms with E-state index in [9.17, 15) is 4.79 Å². The number of nitrogens with zero attached hydrogens (tertiary/aromatic N) is 2. The first kappa shape index (κ1) is 12.5. The summed E-state index contributed by atoms with van der Waals surface area (Å²) >= 11 is 0. The molecule has 4 aromatic rings. The van der Waals surface area contributed by atoms with Crippen LogP contribution in [0.4, 0.5) is 0 Å². The third kappa shape index (κ3) is 1.91. The van der Waals surface area contributed by atoms with E-state index in [4.69, 9.17) is 4.74 Å². The lowest BCUT2D eigenvalue weighted by atomic mass is 10.0. The van der Waals surface area contributed by atoms with Gasteiger partial charge in [0.2, 0.25) is 0 Å². The zero-order chi connectivity index (χ0) is 14.9. The van der Waals surface area contributed by atoms with Crippen LogP contribution in [0.2, 0.25) is 0 Å². The number of nitrogens with one attached hydrogen (secondary N) is 1. The summed E-state index contributed by atoms with van der Waals surface area (Å²) in [5.41, 5.74) is 3.59. The molecule has 5 nitrogen and oxygen atoms in total. The molecule has 0 saturated heterocycles. The molecule has 2 aromatic heterocycles. The Morgan fingerprint density at radius 1 is 1.05 bits per heavy atom. The number of carbonyl (C=O) groups is 1. The Bertz CT molecular complexity index is 986. The van der Waals surface area contributed by atoms with Crippen LogP contribution in [-0.2, 0) is 4.79 Å². The van der Waals surface area contributed by atoms with Crippen LogP contribution in [-0.4, -0.2) is 21.7 Å². The van der Waals surface area contributed by atoms with E-state index in [1.807, 2.05) is 36.4 Å². The topological polar surface area (TPSA) is 67.9 Å². The van der Waals surface area contributed by atoms with E-state index in [2.05, 4.69) is 15.2 Å². The molecule has 0 spiro atoms. The van der Waals surface area contributed by atoms with Gasteiger partial charge in [-0.2, -0.15) is 5.10 Å². The quantitative estimate of drug-likeness (QED) is 0.587. The Kier molecular flexibility index (Phi) is 2.83. The molecular weight excluding hydrogens is 278 g/mol. The number of ether oxygens (including phenoxy) is 1. The fourth-order valence-electron chi connectivity index (χ4n) is 2.63. The van der Waals surface area contributed by atoms with Gasteiger partial charge in [-0.25, -0.2) is 0 Å². The molecule has 0 bridgehead atoms. The molecule has 0 atom stereocenters. The zero-order valence-electron chi connectivity index (χ0n) is 11.5. The Morgan fingerprint density at radius 2 is 1.95 bits per heavy atom. The molecule has 0 fully saturated rings. The van der Waals surface area contributed by atoms with Gasteiger partial charge in [0, 0.05) is 22.5 Å². The molecule has 0 aliphatic carbocycles. The maximum Gasteiger partial charge on any atom is 0.298 e. The molecule has 0 unspecified atom stereocenters. The molecule has 0 amide bonds. The largest absolute Gasteiger partial charge is 0.429 e. The predicted octanol–water partition coefficient (Wildman–Crippen LogP) is 3.31. The van der Waals surface area contributed by atoms with Crippen LogP contribution in [0.25, 0.3) is 33.1 Å². The van der Waals surface area contributed by atoms with Crippen molar-refractivity contribution in [3.63, 3.8) is 0 Å². The van der Waals surface area contributed by atoms with E-state index in [0.717, 1.165) is 33.1 Å². The number of fused-ring (bicyclic) bond motifs is 2. The lowest BCUT2D eigenvalue weighted by Crippen LogP contribution is -1.88. The summed E-state index contributed by atoms with van der Waals surface area (Å²) in [4.78, 5) is 14.9. The Morgan fingerprint density at radius 3 is 2.86 bits per heavy atom. The van der Waals surface area contributed by atoms with Crippen LogP contribution in [0.3, 0.4) is 0 Å². The zero-order valence-corrected chi connectivity index (χ0v) is 11.5. The van der Waals surface area contributed by atoms with Crippen molar-refractivity contribution in [2.75, 3.05) is 0 Å². The first-order chi connectivity index (χ1) is 10.9. The number of H-pyrrole nitrogens is 1. The van der Waals surface area contributed by atoms with E-state index in [1.165, 1.54) is 0 Å². The minimum absolute atomic E-state index is 0.419. The highest BCUT2D eigenvalue weighted by atomic mass is 16.5. The number of aromatic amines is 1. The van der Waals surface area contributed by atoms with Gasteiger partial charge in [0.25, 0.3) is 6.47 Å². The Hall–Kier alpha value is -3.21. The molecule has 0 aliphatic heterocycles. The number of carbonyl (C=O) groups excluding carboxylic acids is 1. The monoisotopic (exact) mass is 289 g/mol. The van der Waals surface area contributed by atoms with Crippen LogP contribution in [0.15, 0.2) is 54.7 Å². The van der Waals surface area contributed by atoms with E-state index in [0.29, 0.717) is 12.2 Å². The molecular formula is C17H11N3O2. The van der Waals surface area contributed by atoms with E-state index in [-0.39, 0.29) is 0 Å². The standard InChI is InChI=1S/C17H11N3O2/c21-10-22-11-5-6-16-14(9-11)17(20-19-16)13-7-8-18-15-4-2-1-3-12(13)15/h1-10H,(H,19,20). The Labute approximate surface area is 125 Å². The minimum Gasteiger partial charge on any atom is -0.429 e. The summed E-state index contributed by atoms with van der Waals surface area (Å²) < 4.78 is 4.93. The van der Waals surface area contributed by atoms with Gasteiger partial charge in [-0.3, -0.25) is 14.9 Å². The fourth-order valence-corrected chi connectivity index (χ4v) is 2.63. The van der Waals surface area contributed by atoms with Crippen molar-refractivity contribution >= 4 is 28.3 Å². The van der Waals surface area contributed by atoms with Crippen molar-refractivity contribution in [3.8, 4) is 17.0 Å². The van der Waals surface area contributed by atoms with Gasteiger partial charge in [-0.15, -0.1) is 0 Å². The van der Waals surface area contributed by atoms with E-state index >= 15 is 0 Å². The summed E-state index contributed by atoms with van der Waals surface area (Å²) in [5, 5.41) is 9.35. The molecule has 106 valence electrons. The average molecular weight is 289 g/mol. The van der Waals surface area contributed by atoms with Crippen molar-refractivity contribution in [1.29, 1.82) is 0 Å². The number of para-hydroxylation sites is 1. The second-order valence-corrected chi connectivity index (χ2v) is 4.87. The van der Waals surface area contributed by atoms with Gasteiger partial charge in [0.15, 0.2) is 0 Å². The van der Waals surface area contributed by atoms with Crippen molar-refractivity contribution in [2.45, 2.75) is 0 Å². The maximum absolute atomic E-state index is 10.5. The molecule has 4 rings (SSSR count). The second kappa shape index (κ2) is 4.96. The highest BCUT2D eigenvalue weighted by Crippen LogP contribution is 2.32. The summed E-state index contributed by atoms with van der Waals surface area (Å²) in [6, 6.07) is 15.2. The van der Waals surface area contributed by atoms with E-state index in [1.54, 1.807) is 18.3 Å². The summed E-state index contributed by atoms with van der Waals surface area (Å²) in [7, 11) is 0. The number of aromatic nitrogens is 3. The summed E-state index contributed by atoms with van der Waals surface area (Å²) in [6.07, 6.45) is 1.77. The van der Waals surface area contributed by atoms with Gasteiger partial charge < -0.3 is 4.74 Å². The highest BCUT2D eigenvalue weighted by Gasteiger charge is 2.12.